The van der Waals surface area contributed by atoms with Crippen molar-refractivity contribution in [2.24, 2.45) is 5.41 Å². The highest BCUT2D eigenvalue weighted by Gasteiger charge is 2.24. The van der Waals surface area contributed by atoms with Gasteiger partial charge in [-0.3, -0.25) is 0 Å². The van der Waals surface area contributed by atoms with Crippen LogP contribution in [0.25, 0.3) is 0 Å². The smallest absolute Gasteiger partial charge is 0.265 e. The fourth-order valence-corrected chi connectivity index (χ4v) is 0.982. The summed E-state index contributed by atoms with van der Waals surface area (Å²) in [6.45, 7) is 5.92. The molecule has 1 unspecified atom stereocenters. The number of anilines is 1. The fraction of sp³-hybridized carbons (Fsp3) is 0.800. The Kier molecular flexibility index (Phi) is 3.34. The first-order valence-corrected chi connectivity index (χ1v) is 4.98. The van der Waals surface area contributed by atoms with Gasteiger partial charge < -0.3 is 14.5 Å². The Hall–Kier alpha value is -1.10. The van der Waals surface area contributed by atoms with Crippen LogP contribution in [-0.4, -0.2) is 35.4 Å². The summed E-state index contributed by atoms with van der Waals surface area (Å²) in [6, 6.07) is 0. The summed E-state index contributed by atoms with van der Waals surface area (Å²) in [7, 11) is 3.68. The molecular formula is C10H19N3O2. The van der Waals surface area contributed by atoms with Crippen LogP contribution in [0.15, 0.2) is 4.52 Å². The van der Waals surface area contributed by atoms with Gasteiger partial charge in [0.25, 0.3) is 5.95 Å². The van der Waals surface area contributed by atoms with E-state index in [2.05, 4.69) is 10.1 Å². The molecule has 0 fully saturated rings. The van der Waals surface area contributed by atoms with Gasteiger partial charge in [0.2, 0.25) is 5.89 Å². The Morgan fingerprint density at radius 2 is 2.00 bits per heavy atom. The lowest BCUT2D eigenvalue weighted by Gasteiger charge is -2.24. The van der Waals surface area contributed by atoms with Crippen LogP contribution in [0, 0.1) is 5.41 Å². The number of aromatic nitrogens is 2. The van der Waals surface area contributed by atoms with Crippen molar-refractivity contribution in [3.63, 3.8) is 0 Å². The van der Waals surface area contributed by atoms with E-state index in [9.17, 15) is 5.11 Å². The standard InChI is InChI=1S/C10H19N3O2/c1-10(2,3)7(14)6-8-11-9(12-15-8)13(4)5/h7,14H,6H2,1-5H3. The highest BCUT2D eigenvalue weighted by atomic mass is 16.5. The van der Waals surface area contributed by atoms with Crippen molar-refractivity contribution in [3.05, 3.63) is 5.89 Å². The molecule has 0 saturated carbocycles. The van der Waals surface area contributed by atoms with E-state index in [1.807, 2.05) is 34.9 Å². The van der Waals surface area contributed by atoms with Gasteiger partial charge >= 0.3 is 0 Å². The van der Waals surface area contributed by atoms with Crippen molar-refractivity contribution in [3.8, 4) is 0 Å². The lowest BCUT2D eigenvalue weighted by atomic mass is 9.87. The lowest BCUT2D eigenvalue weighted by Crippen LogP contribution is -2.28. The van der Waals surface area contributed by atoms with Gasteiger partial charge in [0.15, 0.2) is 0 Å². The molecule has 5 nitrogen and oxygen atoms in total. The van der Waals surface area contributed by atoms with Crippen molar-refractivity contribution < 1.29 is 9.63 Å². The van der Waals surface area contributed by atoms with E-state index in [0.717, 1.165) is 0 Å². The highest BCUT2D eigenvalue weighted by molar-refractivity contribution is 5.23. The highest BCUT2D eigenvalue weighted by Crippen LogP contribution is 2.22. The Balaban J connectivity index is 2.65. The number of nitrogens with zero attached hydrogens (tertiary/aromatic N) is 3. The van der Waals surface area contributed by atoms with Crippen molar-refractivity contribution in [2.45, 2.75) is 33.3 Å². The van der Waals surface area contributed by atoms with Gasteiger partial charge in [-0.25, -0.2) is 0 Å². The molecule has 1 atom stereocenters. The van der Waals surface area contributed by atoms with Gasteiger partial charge in [0.1, 0.15) is 0 Å². The normalized spacial score (nSPS) is 14.0. The average Bonchev–Trinajstić information content (AvgIpc) is 2.50. The summed E-state index contributed by atoms with van der Waals surface area (Å²) in [5, 5.41) is 13.6. The third kappa shape index (κ3) is 3.20. The molecule has 1 heterocycles. The molecule has 0 aliphatic rings. The number of hydrogen-bond acceptors (Lipinski definition) is 5. The molecule has 5 heteroatoms. The van der Waals surface area contributed by atoms with Crippen LogP contribution in [0.4, 0.5) is 5.95 Å². The molecule has 1 aromatic heterocycles. The summed E-state index contributed by atoms with van der Waals surface area (Å²) in [5.41, 5.74) is -0.174. The van der Waals surface area contributed by atoms with Crippen LogP contribution < -0.4 is 4.90 Å². The molecule has 86 valence electrons. The van der Waals surface area contributed by atoms with E-state index in [4.69, 9.17) is 4.52 Å². The molecule has 0 amide bonds. The van der Waals surface area contributed by atoms with Crippen molar-refractivity contribution in [2.75, 3.05) is 19.0 Å². The second kappa shape index (κ2) is 4.18. The minimum atomic E-state index is -0.479. The quantitative estimate of drug-likeness (QED) is 0.814. The van der Waals surface area contributed by atoms with Crippen LogP contribution in [0.2, 0.25) is 0 Å². The zero-order chi connectivity index (χ0) is 11.6. The predicted molar refractivity (Wildman–Crippen MR) is 57.8 cm³/mol. The van der Waals surface area contributed by atoms with Crippen molar-refractivity contribution in [1.29, 1.82) is 0 Å². The van der Waals surface area contributed by atoms with Crippen LogP contribution >= 0.6 is 0 Å². The Labute approximate surface area is 90.1 Å². The molecule has 0 aromatic carbocycles. The number of rotatable bonds is 3. The maximum Gasteiger partial charge on any atom is 0.265 e. The third-order valence-corrected chi connectivity index (χ3v) is 2.23. The first-order chi connectivity index (χ1) is 6.80. The molecule has 0 aliphatic heterocycles. The Morgan fingerprint density at radius 1 is 1.40 bits per heavy atom. The minimum Gasteiger partial charge on any atom is -0.392 e. The zero-order valence-electron chi connectivity index (χ0n) is 9.98. The SMILES string of the molecule is CN(C)c1noc(CC(O)C(C)(C)C)n1. The molecule has 0 bridgehead atoms. The maximum atomic E-state index is 9.85. The summed E-state index contributed by atoms with van der Waals surface area (Å²) in [5.74, 6) is 1.01. The molecule has 1 N–H and O–H groups in total. The number of aliphatic hydroxyl groups is 1. The van der Waals surface area contributed by atoms with Crippen molar-refractivity contribution in [1.82, 2.24) is 10.1 Å². The third-order valence-electron chi connectivity index (χ3n) is 2.23. The van der Waals surface area contributed by atoms with Gasteiger partial charge in [-0.05, 0) is 10.6 Å². The molecule has 15 heavy (non-hydrogen) atoms. The van der Waals surface area contributed by atoms with Crippen LogP contribution in [0.1, 0.15) is 26.7 Å². The molecule has 0 saturated heterocycles. The summed E-state index contributed by atoms with van der Waals surface area (Å²) >= 11 is 0. The minimum absolute atomic E-state index is 0.174. The molecule has 0 aliphatic carbocycles. The van der Waals surface area contributed by atoms with Gasteiger partial charge in [-0.1, -0.05) is 20.8 Å². The van der Waals surface area contributed by atoms with E-state index in [1.165, 1.54) is 0 Å². The van der Waals surface area contributed by atoms with Crippen LogP contribution in [-0.2, 0) is 6.42 Å². The van der Waals surface area contributed by atoms with Gasteiger partial charge in [-0.15, -0.1) is 0 Å². The number of aliphatic hydroxyl groups excluding tert-OH is 1. The largest absolute Gasteiger partial charge is 0.392 e. The molecule has 1 rings (SSSR count). The summed E-state index contributed by atoms with van der Waals surface area (Å²) < 4.78 is 5.03. The van der Waals surface area contributed by atoms with E-state index >= 15 is 0 Å². The van der Waals surface area contributed by atoms with Crippen LogP contribution in [0.3, 0.4) is 0 Å². The monoisotopic (exact) mass is 213 g/mol. The van der Waals surface area contributed by atoms with E-state index in [1.54, 1.807) is 4.90 Å². The first kappa shape index (κ1) is 12.0. The summed E-state index contributed by atoms with van der Waals surface area (Å²) in [4.78, 5) is 5.91. The molecule has 0 radical (unpaired) electrons. The van der Waals surface area contributed by atoms with E-state index in [-0.39, 0.29) is 5.41 Å². The summed E-state index contributed by atoms with van der Waals surface area (Å²) in [6.07, 6.45) is -0.0855. The van der Waals surface area contributed by atoms with Gasteiger partial charge in [0, 0.05) is 14.1 Å². The van der Waals surface area contributed by atoms with Gasteiger partial charge in [-0.2, -0.15) is 4.98 Å². The Bertz CT molecular complexity index is 315. The van der Waals surface area contributed by atoms with E-state index in [0.29, 0.717) is 18.3 Å². The molecule has 0 spiro atoms. The average molecular weight is 213 g/mol. The van der Waals surface area contributed by atoms with Crippen LogP contribution in [0.5, 0.6) is 0 Å². The molecular weight excluding hydrogens is 194 g/mol. The predicted octanol–water partition coefficient (Wildman–Crippen LogP) is 1.09. The van der Waals surface area contributed by atoms with E-state index < -0.39 is 6.10 Å². The Morgan fingerprint density at radius 3 is 2.40 bits per heavy atom. The number of hydrogen-bond donors (Lipinski definition) is 1. The lowest BCUT2D eigenvalue weighted by molar-refractivity contribution is 0.0565. The van der Waals surface area contributed by atoms with Gasteiger partial charge in [0.05, 0.1) is 12.5 Å². The first-order valence-electron chi connectivity index (χ1n) is 4.98. The molecule has 1 aromatic rings. The zero-order valence-corrected chi connectivity index (χ0v) is 9.98. The topological polar surface area (TPSA) is 62.4 Å². The van der Waals surface area contributed by atoms with Crippen molar-refractivity contribution >= 4 is 5.95 Å². The second-order valence-corrected chi connectivity index (χ2v) is 4.97. The fourth-order valence-electron chi connectivity index (χ4n) is 0.982. The second-order valence-electron chi connectivity index (χ2n) is 4.97. The maximum absolute atomic E-state index is 9.85.